The zero-order valence-corrected chi connectivity index (χ0v) is 21.3. The van der Waals surface area contributed by atoms with Gasteiger partial charge < -0.3 is 9.73 Å². The number of nitrogens with one attached hydrogen (secondary N) is 1. The van der Waals surface area contributed by atoms with Gasteiger partial charge in [-0.2, -0.15) is 5.26 Å². The first-order valence-corrected chi connectivity index (χ1v) is 12.9. The van der Waals surface area contributed by atoms with Crippen LogP contribution in [0.3, 0.4) is 0 Å². The van der Waals surface area contributed by atoms with Crippen molar-refractivity contribution in [1.29, 1.82) is 5.26 Å². The normalized spacial score (nSPS) is 15.8. The van der Waals surface area contributed by atoms with E-state index in [4.69, 9.17) is 4.42 Å². The molecule has 6 nitrogen and oxygen atoms in total. The zero-order valence-electron chi connectivity index (χ0n) is 18.1. The molecular weight excluding hydrogens is 508 g/mol. The largest absolute Gasteiger partial charge is 0.411 e. The summed E-state index contributed by atoms with van der Waals surface area (Å²) in [7, 11) is 0. The molecule has 0 aliphatic heterocycles. The molecule has 3 aromatic rings. The molecule has 0 spiro atoms. The van der Waals surface area contributed by atoms with Crippen molar-refractivity contribution >= 4 is 49.9 Å². The first-order valence-electron chi connectivity index (χ1n) is 10.3. The standard InChI is InChI=1S/C23H23BrN4O2S2/c1-23(2,3)14-6-9-16-17(11-25)21(32-18(16)10-14)26-19(29)12-31-22-28-27-20(30-22)13-4-7-15(24)8-5-13/h4-5,7-8,14H,6,9-10,12H2,1-3H3,(H,26,29)/t14-/m0/s1. The van der Waals surface area contributed by atoms with Gasteiger partial charge in [-0.05, 0) is 60.4 Å². The van der Waals surface area contributed by atoms with E-state index in [1.165, 1.54) is 28.0 Å². The number of fused-ring (bicyclic) bond motifs is 1. The van der Waals surface area contributed by atoms with Crippen molar-refractivity contribution in [2.75, 3.05) is 11.1 Å². The summed E-state index contributed by atoms with van der Waals surface area (Å²) in [4.78, 5) is 13.8. The number of nitriles is 1. The number of hydrogen-bond acceptors (Lipinski definition) is 7. The fraction of sp³-hybridized carbons (Fsp3) is 0.391. The van der Waals surface area contributed by atoms with Crippen molar-refractivity contribution in [2.45, 2.75) is 45.3 Å². The molecule has 1 aromatic carbocycles. The summed E-state index contributed by atoms with van der Waals surface area (Å²) in [6, 6.07) is 9.87. The number of aromatic nitrogens is 2. The molecule has 4 rings (SSSR count). The Hall–Kier alpha value is -2.15. The van der Waals surface area contributed by atoms with Crippen LogP contribution in [0.25, 0.3) is 11.5 Å². The average molecular weight is 532 g/mol. The van der Waals surface area contributed by atoms with Gasteiger partial charge in [0, 0.05) is 14.9 Å². The van der Waals surface area contributed by atoms with E-state index >= 15 is 0 Å². The van der Waals surface area contributed by atoms with Crippen molar-refractivity contribution in [3.8, 4) is 17.5 Å². The molecule has 0 bridgehead atoms. The second-order valence-corrected chi connectivity index (χ2v) is 11.8. The smallest absolute Gasteiger partial charge is 0.277 e. The number of anilines is 1. The third-order valence-corrected chi connectivity index (χ3v) is 8.20. The molecule has 2 aromatic heterocycles. The monoisotopic (exact) mass is 530 g/mol. The number of benzene rings is 1. The maximum atomic E-state index is 12.6. The molecular formula is C23H23BrN4O2S2. The number of amides is 1. The summed E-state index contributed by atoms with van der Waals surface area (Å²) in [6.07, 6.45) is 2.93. The van der Waals surface area contributed by atoms with E-state index in [9.17, 15) is 10.1 Å². The average Bonchev–Trinajstić information content (AvgIpc) is 3.35. The molecule has 1 amide bonds. The fourth-order valence-electron chi connectivity index (χ4n) is 3.80. The number of nitrogens with zero attached hydrogens (tertiary/aromatic N) is 3. The molecule has 0 radical (unpaired) electrons. The van der Waals surface area contributed by atoms with Gasteiger partial charge in [0.15, 0.2) is 0 Å². The summed E-state index contributed by atoms with van der Waals surface area (Å²) < 4.78 is 6.63. The van der Waals surface area contributed by atoms with Crippen LogP contribution >= 0.6 is 39.0 Å². The molecule has 32 heavy (non-hydrogen) atoms. The van der Waals surface area contributed by atoms with Crippen LogP contribution in [0.1, 0.15) is 43.2 Å². The van der Waals surface area contributed by atoms with Crippen LogP contribution in [0.5, 0.6) is 0 Å². The third-order valence-electron chi connectivity index (χ3n) is 5.68. The molecule has 166 valence electrons. The molecule has 2 heterocycles. The van der Waals surface area contributed by atoms with Crippen LogP contribution < -0.4 is 5.32 Å². The van der Waals surface area contributed by atoms with Crippen LogP contribution in [0.15, 0.2) is 38.4 Å². The minimum absolute atomic E-state index is 0.125. The van der Waals surface area contributed by atoms with E-state index in [0.29, 0.717) is 27.6 Å². The van der Waals surface area contributed by atoms with Gasteiger partial charge in [-0.1, -0.05) is 48.5 Å². The van der Waals surface area contributed by atoms with Crippen molar-refractivity contribution < 1.29 is 9.21 Å². The van der Waals surface area contributed by atoms with Gasteiger partial charge in [-0.25, -0.2) is 0 Å². The molecule has 1 aliphatic carbocycles. The summed E-state index contributed by atoms with van der Waals surface area (Å²) in [6.45, 7) is 6.79. The Morgan fingerprint density at radius 3 is 2.78 bits per heavy atom. The Morgan fingerprint density at radius 1 is 1.34 bits per heavy atom. The Bertz CT molecular complexity index is 1170. The van der Waals surface area contributed by atoms with Gasteiger partial charge in [0.05, 0.1) is 11.3 Å². The minimum Gasteiger partial charge on any atom is -0.411 e. The second-order valence-electron chi connectivity index (χ2n) is 8.84. The van der Waals surface area contributed by atoms with E-state index < -0.39 is 0 Å². The quantitative estimate of drug-likeness (QED) is 0.388. The molecule has 0 saturated heterocycles. The van der Waals surface area contributed by atoms with Crippen molar-refractivity contribution in [3.05, 3.63) is 44.7 Å². The lowest BCUT2D eigenvalue weighted by molar-refractivity contribution is -0.113. The Balaban J connectivity index is 1.39. The number of rotatable bonds is 5. The maximum absolute atomic E-state index is 12.6. The molecule has 1 atom stereocenters. The minimum atomic E-state index is -0.194. The number of halogens is 1. The highest BCUT2D eigenvalue weighted by molar-refractivity contribution is 9.10. The van der Waals surface area contributed by atoms with Crippen molar-refractivity contribution in [1.82, 2.24) is 10.2 Å². The van der Waals surface area contributed by atoms with Crippen molar-refractivity contribution in [2.24, 2.45) is 11.3 Å². The van der Waals surface area contributed by atoms with Crippen LogP contribution in [0.2, 0.25) is 0 Å². The molecule has 1 N–H and O–H groups in total. The summed E-state index contributed by atoms with van der Waals surface area (Å²) in [5, 5.41) is 21.7. The van der Waals surface area contributed by atoms with Crippen LogP contribution in [0, 0.1) is 22.7 Å². The van der Waals surface area contributed by atoms with Crippen LogP contribution in [-0.2, 0) is 17.6 Å². The van der Waals surface area contributed by atoms with Gasteiger partial charge in [-0.3, -0.25) is 4.79 Å². The Morgan fingerprint density at radius 2 is 2.09 bits per heavy atom. The number of hydrogen-bond donors (Lipinski definition) is 1. The third kappa shape index (κ3) is 5.08. The van der Waals surface area contributed by atoms with Crippen LogP contribution in [-0.4, -0.2) is 21.9 Å². The number of carbonyl (C=O) groups is 1. The number of thioether (sulfide) groups is 1. The fourth-order valence-corrected chi connectivity index (χ4v) is 5.92. The summed E-state index contributed by atoms with van der Waals surface area (Å²) in [5.41, 5.74) is 2.77. The van der Waals surface area contributed by atoms with Gasteiger partial charge >= 0.3 is 0 Å². The highest BCUT2D eigenvalue weighted by Crippen LogP contribution is 2.44. The molecule has 9 heteroatoms. The van der Waals surface area contributed by atoms with E-state index in [1.54, 1.807) is 0 Å². The Kier molecular flexibility index (Phi) is 6.75. The summed E-state index contributed by atoms with van der Waals surface area (Å²) in [5.74, 6) is 0.921. The van der Waals surface area contributed by atoms with E-state index in [0.717, 1.165) is 34.9 Å². The first kappa shape index (κ1) is 23.0. The lowest BCUT2D eigenvalue weighted by atomic mass is 9.72. The molecule has 0 fully saturated rings. The van der Waals surface area contributed by atoms with E-state index in [2.05, 4.69) is 58.3 Å². The van der Waals surface area contributed by atoms with Gasteiger partial charge in [-0.15, -0.1) is 21.5 Å². The van der Waals surface area contributed by atoms with E-state index in [1.807, 2.05) is 24.3 Å². The Labute approximate surface area is 203 Å². The SMILES string of the molecule is CC(C)(C)[C@H]1CCc2c(sc(NC(=O)CSc3nnc(-c4ccc(Br)cc4)o3)c2C#N)C1. The van der Waals surface area contributed by atoms with Gasteiger partial charge in [0.2, 0.25) is 11.8 Å². The lowest BCUT2D eigenvalue weighted by Gasteiger charge is -2.33. The highest BCUT2D eigenvalue weighted by atomic mass is 79.9. The first-order chi connectivity index (χ1) is 15.2. The number of carbonyl (C=O) groups excluding carboxylic acids is 1. The van der Waals surface area contributed by atoms with Gasteiger partial charge in [0.25, 0.3) is 5.22 Å². The molecule has 0 unspecified atom stereocenters. The maximum Gasteiger partial charge on any atom is 0.277 e. The zero-order chi connectivity index (χ0) is 22.9. The molecule has 1 aliphatic rings. The lowest BCUT2D eigenvalue weighted by Crippen LogP contribution is -2.26. The second kappa shape index (κ2) is 9.38. The topological polar surface area (TPSA) is 91.8 Å². The predicted molar refractivity (Wildman–Crippen MR) is 131 cm³/mol. The summed E-state index contributed by atoms with van der Waals surface area (Å²) >= 11 is 6.12. The van der Waals surface area contributed by atoms with Gasteiger partial charge in [0.1, 0.15) is 11.1 Å². The van der Waals surface area contributed by atoms with Crippen molar-refractivity contribution in [3.63, 3.8) is 0 Å². The highest BCUT2D eigenvalue weighted by Gasteiger charge is 2.32. The number of thiophene rings is 1. The molecule has 0 saturated carbocycles. The predicted octanol–water partition coefficient (Wildman–Crippen LogP) is 6.31. The van der Waals surface area contributed by atoms with Crippen LogP contribution in [0.4, 0.5) is 5.00 Å². The van der Waals surface area contributed by atoms with E-state index in [-0.39, 0.29) is 17.1 Å².